The molecule has 0 radical (unpaired) electrons. The average Bonchev–Trinajstić information content (AvgIpc) is 2.84. The van der Waals surface area contributed by atoms with Crippen LogP contribution in [0, 0.1) is 12.7 Å². The fourth-order valence-corrected chi connectivity index (χ4v) is 4.07. The number of nitrogens with one attached hydrogen (secondary N) is 2. The van der Waals surface area contributed by atoms with Gasteiger partial charge in [0, 0.05) is 24.1 Å². The Balaban J connectivity index is 1.95. The Bertz CT molecular complexity index is 1190. The smallest absolute Gasteiger partial charge is 0.238 e. The maximum absolute atomic E-state index is 14.7. The number of methoxy groups -OCH3 is 3. The predicted octanol–water partition coefficient (Wildman–Crippen LogP) is 4.01. The number of primary amides is 1. The second-order valence-electron chi connectivity index (χ2n) is 7.21. The van der Waals surface area contributed by atoms with Crippen LogP contribution in [0.5, 0.6) is 17.2 Å². The van der Waals surface area contributed by atoms with Crippen molar-refractivity contribution in [2.75, 3.05) is 49.1 Å². The molecule has 1 aromatic heterocycles. The minimum atomic E-state index is -0.654. The van der Waals surface area contributed by atoms with Crippen LogP contribution in [0.2, 0.25) is 0 Å². The van der Waals surface area contributed by atoms with E-state index in [9.17, 15) is 9.18 Å². The fourth-order valence-electron chi connectivity index (χ4n) is 3.39. The van der Waals surface area contributed by atoms with Crippen molar-refractivity contribution in [1.82, 2.24) is 9.97 Å². The predicted molar refractivity (Wildman–Crippen MR) is 136 cm³/mol. The number of para-hydroxylation sites is 1. The van der Waals surface area contributed by atoms with E-state index in [0.29, 0.717) is 34.3 Å². The number of carbonyl (C=O) groups excluding carboxylic acids is 1. The number of hydrogen-bond acceptors (Lipinski definition) is 10. The molecule has 0 aliphatic rings. The third-order valence-corrected chi connectivity index (χ3v) is 5.68. The molecule has 12 heteroatoms. The molecular formula is C23H27FN6O4S. The van der Waals surface area contributed by atoms with Gasteiger partial charge < -0.3 is 34.9 Å². The number of aromatic nitrogens is 2. The molecule has 0 atom stereocenters. The lowest BCUT2D eigenvalue weighted by atomic mass is 10.1. The summed E-state index contributed by atoms with van der Waals surface area (Å²) in [6.45, 7) is 1.87. The van der Waals surface area contributed by atoms with Gasteiger partial charge in [-0.2, -0.15) is 4.98 Å². The number of halogens is 1. The molecule has 4 N–H and O–H groups in total. The summed E-state index contributed by atoms with van der Waals surface area (Å²) < 4.78 is 32.5. The normalized spacial score (nSPS) is 10.5. The molecule has 3 aromatic rings. The monoisotopic (exact) mass is 502 g/mol. The molecule has 0 aliphatic heterocycles. The number of nitrogens with zero attached hydrogens (tertiary/aromatic N) is 3. The number of carbonyl (C=O) groups is 1. The van der Waals surface area contributed by atoms with E-state index in [1.165, 1.54) is 33.3 Å². The summed E-state index contributed by atoms with van der Waals surface area (Å²) in [5.74, 6) is 0.246. The van der Waals surface area contributed by atoms with Gasteiger partial charge in [-0.25, -0.2) is 9.37 Å². The molecule has 2 aromatic carbocycles. The number of benzene rings is 2. The third-order valence-electron chi connectivity index (χ3n) is 4.93. The van der Waals surface area contributed by atoms with Crippen molar-refractivity contribution in [3.63, 3.8) is 0 Å². The Morgan fingerprint density at radius 3 is 2.40 bits per heavy atom. The second-order valence-corrected chi connectivity index (χ2v) is 8.02. The Kier molecular flexibility index (Phi) is 8.42. The van der Waals surface area contributed by atoms with Crippen molar-refractivity contribution < 1.29 is 23.4 Å². The Hall–Kier alpha value is -3.93. The van der Waals surface area contributed by atoms with Gasteiger partial charge in [0.2, 0.25) is 17.6 Å². The van der Waals surface area contributed by atoms with Crippen molar-refractivity contribution in [3.05, 3.63) is 47.9 Å². The van der Waals surface area contributed by atoms with E-state index in [1.54, 1.807) is 22.5 Å². The summed E-state index contributed by atoms with van der Waals surface area (Å²) in [7, 11) is 4.52. The summed E-state index contributed by atoms with van der Waals surface area (Å²) in [6, 6.07) is 8.83. The van der Waals surface area contributed by atoms with Gasteiger partial charge in [0.25, 0.3) is 0 Å². The first-order valence-electron chi connectivity index (χ1n) is 10.4. The van der Waals surface area contributed by atoms with Crippen LogP contribution >= 0.6 is 11.9 Å². The quantitative estimate of drug-likeness (QED) is 0.331. The molecule has 186 valence electrons. The maximum atomic E-state index is 14.7. The highest BCUT2D eigenvalue weighted by atomic mass is 32.2. The van der Waals surface area contributed by atoms with Gasteiger partial charge in [-0.3, -0.25) is 4.79 Å². The summed E-state index contributed by atoms with van der Waals surface area (Å²) in [5, 5.41) is 6.04. The lowest BCUT2D eigenvalue weighted by Gasteiger charge is -2.25. The first-order chi connectivity index (χ1) is 16.8. The highest BCUT2D eigenvalue weighted by molar-refractivity contribution is 8.00. The topological polar surface area (TPSA) is 124 Å². The molecule has 0 saturated carbocycles. The number of rotatable bonds is 11. The molecule has 1 amide bonds. The van der Waals surface area contributed by atoms with Crippen molar-refractivity contribution in [3.8, 4) is 17.2 Å². The van der Waals surface area contributed by atoms with Gasteiger partial charge in [0.15, 0.2) is 23.1 Å². The van der Waals surface area contributed by atoms with Crippen molar-refractivity contribution in [1.29, 1.82) is 0 Å². The van der Waals surface area contributed by atoms with E-state index >= 15 is 0 Å². The number of anilines is 5. The van der Waals surface area contributed by atoms with E-state index in [2.05, 4.69) is 20.6 Å². The molecule has 1 heterocycles. The van der Waals surface area contributed by atoms with Gasteiger partial charge in [-0.15, -0.1) is 0 Å². The van der Waals surface area contributed by atoms with Crippen LogP contribution < -0.4 is 34.9 Å². The molecule has 0 unspecified atom stereocenters. The van der Waals surface area contributed by atoms with Gasteiger partial charge in [0.05, 0.1) is 38.9 Å². The molecule has 0 bridgehead atoms. The minimum Gasteiger partial charge on any atom is -0.493 e. The molecular weight excluding hydrogens is 475 g/mol. The van der Waals surface area contributed by atoms with E-state index in [-0.39, 0.29) is 18.3 Å². The van der Waals surface area contributed by atoms with E-state index in [4.69, 9.17) is 19.9 Å². The second kappa shape index (κ2) is 11.5. The highest BCUT2D eigenvalue weighted by Crippen LogP contribution is 2.40. The summed E-state index contributed by atoms with van der Waals surface area (Å²) >= 11 is 1.33. The van der Waals surface area contributed by atoms with Crippen LogP contribution in [0.15, 0.2) is 36.5 Å². The zero-order chi connectivity index (χ0) is 25.5. The number of ether oxygens (including phenoxy) is 3. The number of nitrogens with two attached hydrogens (primary N) is 1. The standard InChI is InChI=1S/C23H27FN6O4S/c1-13-7-6-8-16(20(13)30(35-5)12-19(25)31)28-22-15(24)11-26-23(29-22)27-14-9-17(32-2)21(34-4)18(10-14)33-3/h6-11H,12H2,1-5H3,(H2,25,31)(H2,26,27,28,29). The van der Waals surface area contributed by atoms with E-state index in [0.717, 1.165) is 11.8 Å². The lowest BCUT2D eigenvalue weighted by Crippen LogP contribution is -2.29. The number of hydrogen-bond donors (Lipinski definition) is 3. The summed E-state index contributed by atoms with van der Waals surface area (Å²) in [5.41, 5.74) is 8.07. The Morgan fingerprint density at radius 2 is 1.83 bits per heavy atom. The molecule has 0 saturated heterocycles. The van der Waals surface area contributed by atoms with Crippen LogP contribution in [-0.2, 0) is 4.79 Å². The fraction of sp³-hybridized carbons (Fsp3) is 0.261. The van der Waals surface area contributed by atoms with Crippen LogP contribution in [0.3, 0.4) is 0 Å². The van der Waals surface area contributed by atoms with E-state index in [1.807, 2.05) is 25.3 Å². The Labute approximate surface area is 207 Å². The highest BCUT2D eigenvalue weighted by Gasteiger charge is 2.18. The molecule has 3 rings (SSSR count). The molecule has 35 heavy (non-hydrogen) atoms. The first kappa shape index (κ1) is 25.7. The Morgan fingerprint density at radius 1 is 1.14 bits per heavy atom. The molecule has 0 spiro atoms. The summed E-state index contributed by atoms with van der Waals surface area (Å²) in [6.07, 6.45) is 2.88. The van der Waals surface area contributed by atoms with Gasteiger partial charge in [-0.05, 0) is 18.6 Å². The van der Waals surface area contributed by atoms with Crippen LogP contribution in [0.4, 0.5) is 33.2 Å². The van der Waals surface area contributed by atoms with Crippen molar-refractivity contribution >= 4 is 46.7 Å². The third kappa shape index (κ3) is 5.96. The SMILES string of the molecule is COc1cc(Nc2ncc(F)c(Nc3cccc(C)c3N(CC(N)=O)SC)n2)cc(OC)c1OC. The van der Waals surface area contributed by atoms with Gasteiger partial charge in [0.1, 0.15) is 6.54 Å². The molecule has 0 fully saturated rings. The number of aryl methyl sites for hydroxylation is 1. The minimum absolute atomic E-state index is 0.0130. The lowest BCUT2D eigenvalue weighted by molar-refractivity contribution is -0.116. The number of amides is 1. The van der Waals surface area contributed by atoms with Gasteiger partial charge in [-0.1, -0.05) is 24.1 Å². The van der Waals surface area contributed by atoms with Crippen molar-refractivity contribution in [2.45, 2.75) is 6.92 Å². The van der Waals surface area contributed by atoms with Gasteiger partial charge >= 0.3 is 0 Å². The van der Waals surface area contributed by atoms with E-state index < -0.39 is 11.7 Å². The zero-order valence-electron chi connectivity index (χ0n) is 20.0. The molecule has 10 nitrogen and oxygen atoms in total. The zero-order valence-corrected chi connectivity index (χ0v) is 20.8. The van der Waals surface area contributed by atoms with Crippen molar-refractivity contribution in [2.24, 2.45) is 5.73 Å². The maximum Gasteiger partial charge on any atom is 0.238 e. The van der Waals surface area contributed by atoms with Crippen LogP contribution in [0.1, 0.15) is 5.56 Å². The van der Waals surface area contributed by atoms with Crippen LogP contribution in [0.25, 0.3) is 0 Å². The average molecular weight is 503 g/mol. The summed E-state index contributed by atoms with van der Waals surface area (Å²) in [4.78, 5) is 19.9. The van der Waals surface area contributed by atoms with Crippen LogP contribution in [-0.4, -0.2) is 50.0 Å². The largest absolute Gasteiger partial charge is 0.493 e. The molecule has 0 aliphatic carbocycles. The first-order valence-corrected chi connectivity index (χ1v) is 11.6.